The molecular formula is C11H11N3O2. The van der Waals surface area contributed by atoms with Gasteiger partial charge in [-0.05, 0) is 12.1 Å². The third-order valence-corrected chi connectivity index (χ3v) is 2.29. The molecule has 5 nitrogen and oxygen atoms in total. The predicted molar refractivity (Wildman–Crippen MR) is 59.4 cm³/mol. The minimum Gasteiger partial charge on any atom is -0.495 e. The lowest BCUT2D eigenvalue weighted by Gasteiger charge is -2.07. The molecule has 0 spiro atoms. The van der Waals surface area contributed by atoms with Crippen molar-refractivity contribution in [3.8, 4) is 5.75 Å². The van der Waals surface area contributed by atoms with Gasteiger partial charge in [0.25, 0.3) is 0 Å². The molecule has 1 aromatic heterocycles. The Balaban J connectivity index is 2.45. The quantitative estimate of drug-likeness (QED) is 0.598. The van der Waals surface area contributed by atoms with E-state index in [2.05, 4.69) is 10.2 Å². The van der Waals surface area contributed by atoms with Gasteiger partial charge < -0.3 is 10.5 Å². The van der Waals surface area contributed by atoms with Gasteiger partial charge in [-0.15, -0.1) is 0 Å². The van der Waals surface area contributed by atoms with Gasteiger partial charge in [0.15, 0.2) is 5.78 Å². The summed E-state index contributed by atoms with van der Waals surface area (Å²) in [5, 5.41) is 6.31. The molecule has 0 amide bonds. The summed E-state index contributed by atoms with van der Waals surface area (Å²) in [6.45, 7) is 0. The van der Waals surface area contributed by atoms with E-state index in [9.17, 15) is 4.79 Å². The number of para-hydroxylation sites is 1. The van der Waals surface area contributed by atoms with Crippen LogP contribution in [-0.2, 0) is 0 Å². The first-order valence-corrected chi connectivity index (χ1v) is 4.70. The highest BCUT2D eigenvalue weighted by Gasteiger charge is 2.15. The zero-order chi connectivity index (χ0) is 11.5. The molecule has 0 fully saturated rings. The van der Waals surface area contributed by atoms with Gasteiger partial charge >= 0.3 is 0 Å². The minimum atomic E-state index is -0.176. The Kier molecular flexibility index (Phi) is 2.59. The van der Waals surface area contributed by atoms with E-state index in [4.69, 9.17) is 10.5 Å². The maximum Gasteiger partial charge on any atom is 0.198 e. The average Bonchev–Trinajstić information content (AvgIpc) is 2.82. The number of ether oxygens (including phenoxy) is 1. The molecule has 0 radical (unpaired) electrons. The van der Waals surface area contributed by atoms with E-state index in [-0.39, 0.29) is 5.78 Å². The van der Waals surface area contributed by atoms with Crippen molar-refractivity contribution < 1.29 is 9.53 Å². The number of benzene rings is 1. The number of hydrogen-bond acceptors (Lipinski definition) is 4. The number of ketones is 1. The number of nitrogens with zero attached hydrogens (tertiary/aromatic N) is 1. The molecule has 82 valence electrons. The number of aromatic nitrogens is 2. The van der Waals surface area contributed by atoms with E-state index < -0.39 is 0 Å². The molecule has 0 bridgehead atoms. The van der Waals surface area contributed by atoms with Crippen molar-refractivity contribution in [1.29, 1.82) is 0 Å². The summed E-state index contributed by atoms with van der Waals surface area (Å²) in [4.78, 5) is 12.0. The molecule has 0 unspecified atom stereocenters. The highest BCUT2D eigenvalue weighted by molar-refractivity contribution is 6.12. The van der Waals surface area contributed by atoms with E-state index in [1.807, 2.05) is 0 Å². The molecule has 16 heavy (non-hydrogen) atoms. The number of nitrogen functional groups attached to an aromatic ring is 1. The number of carbonyl (C=O) groups excluding carboxylic acids is 1. The first kappa shape index (κ1) is 10.2. The molecule has 3 N–H and O–H groups in total. The number of anilines is 1. The highest BCUT2D eigenvalue weighted by atomic mass is 16.5. The number of nitrogens with one attached hydrogen (secondary N) is 1. The molecular weight excluding hydrogens is 206 g/mol. The van der Waals surface area contributed by atoms with Crippen molar-refractivity contribution in [1.82, 2.24) is 10.2 Å². The number of carbonyl (C=O) groups is 1. The summed E-state index contributed by atoms with van der Waals surface area (Å²) >= 11 is 0. The van der Waals surface area contributed by atoms with Crippen LogP contribution in [0.4, 0.5) is 5.69 Å². The lowest BCUT2D eigenvalue weighted by atomic mass is 10.0. The second-order valence-electron chi connectivity index (χ2n) is 3.24. The fourth-order valence-corrected chi connectivity index (χ4v) is 1.45. The highest BCUT2D eigenvalue weighted by Crippen LogP contribution is 2.26. The van der Waals surface area contributed by atoms with Gasteiger partial charge in [0.1, 0.15) is 5.75 Å². The number of hydrogen-bond donors (Lipinski definition) is 2. The zero-order valence-electron chi connectivity index (χ0n) is 8.73. The topological polar surface area (TPSA) is 81.0 Å². The first-order valence-electron chi connectivity index (χ1n) is 4.70. The molecule has 1 heterocycles. The maximum atomic E-state index is 12.0. The van der Waals surface area contributed by atoms with Crippen molar-refractivity contribution in [2.75, 3.05) is 12.8 Å². The van der Waals surface area contributed by atoms with Crippen LogP contribution in [0.15, 0.2) is 30.6 Å². The molecule has 0 aliphatic rings. The van der Waals surface area contributed by atoms with Crippen molar-refractivity contribution in [2.24, 2.45) is 0 Å². The monoisotopic (exact) mass is 217 g/mol. The number of aromatic amines is 1. The van der Waals surface area contributed by atoms with Crippen molar-refractivity contribution in [3.05, 3.63) is 41.7 Å². The zero-order valence-corrected chi connectivity index (χ0v) is 8.73. The Labute approximate surface area is 92.2 Å². The maximum absolute atomic E-state index is 12.0. The fourth-order valence-electron chi connectivity index (χ4n) is 1.45. The van der Waals surface area contributed by atoms with Crippen LogP contribution in [0.2, 0.25) is 0 Å². The van der Waals surface area contributed by atoms with Gasteiger partial charge in [0, 0.05) is 11.8 Å². The number of rotatable bonds is 3. The average molecular weight is 217 g/mol. The second-order valence-corrected chi connectivity index (χ2v) is 3.24. The van der Waals surface area contributed by atoms with Crippen LogP contribution in [0.25, 0.3) is 0 Å². The normalized spacial score (nSPS) is 10.1. The summed E-state index contributed by atoms with van der Waals surface area (Å²) in [5.74, 6) is 0.319. The number of H-pyrrole nitrogens is 1. The molecule has 2 aromatic rings. The van der Waals surface area contributed by atoms with Crippen LogP contribution in [0.3, 0.4) is 0 Å². The van der Waals surface area contributed by atoms with E-state index in [0.29, 0.717) is 22.6 Å². The molecule has 0 saturated carbocycles. The Morgan fingerprint density at radius 1 is 1.50 bits per heavy atom. The van der Waals surface area contributed by atoms with Crippen LogP contribution >= 0.6 is 0 Å². The standard InChI is InChI=1S/C11H11N3O2/c1-16-9-4-2-3-8(10(9)12)11(15)7-5-13-14-6-7/h2-6H,12H2,1H3,(H,13,14). The lowest BCUT2D eigenvalue weighted by molar-refractivity contribution is 0.103. The van der Waals surface area contributed by atoms with Crippen molar-refractivity contribution in [2.45, 2.75) is 0 Å². The van der Waals surface area contributed by atoms with E-state index in [1.165, 1.54) is 19.5 Å². The van der Waals surface area contributed by atoms with Gasteiger partial charge in [-0.3, -0.25) is 9.89 Å². The van der Waals surface area contributed by atoms with Crippen molar-refractivity contribution in [3.63, 3.8) is 0 Å². The molecule has 5 heteroatoms. The van der Waals surface area contributed by atoms with E-state index in [1.54, 1.807) is 18.2 Å². The molecule has 0 aliphatic heterocycles. The van der Waals surface area contributed by atoms with Crippen LogP contribution in [0.1, 0.15) is 15.9 Å². The van der Waals surface area contributed by atoms with Crippen LogP contribution < -0.4 is 10.5 Å². The SMILES string of the molecule is COc1cccc(C(=O)c2cn[nH]c2)c1N. The molecule has 2 rings (SSSR count). The summed E-state index contributed by atoms with van der Waals surface area (Å²) < 4.78 is 5.05. The third-order valence-electron chi connectivity index (χ3n) is 2.29. The van der Waals surface area contributed by atoms with Gasteiger partial charge in [-0.25, -0.2) is 0 Å². The second kappa shape index (κ2) is 4.06. The van der Waals surface area contributed by atoms with E-state index >= 15 is 0 Å². The molecule has 1 aromatic carbocycles. The summed E-state index contributed by atoms with van der Waals surface area (Å²) in [7, 11) is 1.51. The smallest absolute Gasteiger partial charge is 0.198 e. The predicted octanol–water partition coefficient (Wildman–Crippen LogP) is 1.23. The van der Waals surface area contributed by atoms with Gasteiger partial charge in [-0.1, -0.05) is 6.07 Å². The fraction of sp³-hybridized carbons (Fsp3) is 0.0909. The number of methoxy groups -OCH3 is 1. The Bertz CT molecular complexity index is 506. The summed E-state index contributed by atoms with van der Waals surface area (Å²) in [5.41, 5.74) is 7.06. The van der Waals surface area contributed by atoms with Crippen LogP contribution in [0.5, 0.6) is 5.75 Å². The molecule has 0 atom stereocenters. The minimum absolute atomic E-state index is 0.176. The first-order chi connectivity index (χ1) is 7.74. The Hall–Kier alpha value is -2.30. The largest absolute Gasteiger partial charge is 0.495 e. The number of nitrogens with two attached hydrogens (primary N) is 1. The Morgan fingerprint density at radius 3 is 2.94 bits per heavy atom. The van der Waals surface area contributed by atoms with Gasteiger partial charge in [-0.2, -0.15) is 5.10 Å². The summed E-state index contributed by atoms with van der Waals surface area (Å²) in [6, 6.07) is 5.09. The van der Waals surface area contributed by atoms with Crippen LogP contribution in [-0.4, -0.2) is 23.1 Å². The lowest BCUT2D eigenvalue weighted by Crippen LogP contribution is -2.05. The molecule has 0 saturated heterocycles. The van der Waals surface area contributed by atoms with Crippen LogP contribution in [0, 0.1) is 0 Å². The third kappa shape index (κ3) is 1.63. The van der Waals surface area contributed by atoms with Crippen molar-refractivity contribution >= 4 is 11.5 Å². The summed E-state index contributed by atoms with van der Waals surface area (Å²) in [6.07, 6.45) is 2.99. The van der Waals surface area contributed by atoms with Gasteiger partial charge in [0.05, 0.1) is 24.6 Å². The van der Waals surface area contributed by atoms with Gasteiger partial charge in [0.2, 0.25) is 0 Å². The van der Waals surface area contributed by atoms with E-state index in [0.717, 1.165) is 0 Å². The molecule has 0 aliphatic carbocycles. The Morgan fingerprint density at radius 2 is 2.31 bits per heavy atom.